The smallest absolute Gasteiger partial charge is 0.145 e. The highest BCUT2D eigenvalue weighted by Gasteiger charge is 2.28. The van der Waals surface area contributed by atoms with Crippen LogP contribution >= 0.6 is 0 Å². The van der Waals surface area contributed by atoms with E-state index < -0.39 is 0 Å². The van der Waals surface area contributed by atoms with Crippen molar-refractivity contribution in [2.75, 3.05) is 0 Å². The van der Waals surface area contributed by atoms with E-state index in [4.69, 9.17) is 5.73 Å². The highest BCUT2D eigenvalue weighted by atomic mass is 16.1. The molecule has 1 aromatic rings. The van der Waals surface area contributed by atoms with Crippen molar-refractivity contribution in [1.29, 1.82) is 0 Å². The first-order valence-corrected chi connectivity index (χ1v) is 6.37. The predicted molar refractivity (Wildman–Crippen MR) is 64.3 cm³/mol. The van der Waals surface area contributed by atoms with Gasteiger partial charge >= 0.3 is 0 Å². The Labute approximate surface area is 101 Å². The van der Waals surface area contributed by atoms with Gasteiger partial charge < -0.3 is 5.73 Å². The SMILES string of the molecule is CCn1ncnc1CC(=O)C1CCCCC1N. The Kier molecular flexibility index (Phi) is 3.89. The third-order valence-electron chi connectivity index (χ3n) is 3.56. The summed E-state index contributed by atoms with van der Waals surface area (Å²) in [6.45, 7) is 2.74. The van der Waals surface area contributed by atoms with Crippen LogP contribution in [0.15, 0.2) is 6.33 Å². The van der Waals surface area contributed by atoms with E-state index in [1.54, 1.807) is 4.68 Å². The van der Waals surface area contributed by atoms with E-state index in [0.717, 1.165) is 38.1 Å². The Morgan fingerprint density at radius 2 is 2.29 bits per heavy atom. The molecule has 0 amide bonds. The predicted octanol–water partition coefficient (Wildman–Crippen LogP) is 0.927. The molecule has 1 aliphatic rings. The molecule has 2 atom stereocenters. The molecule has 0 spiro atoms. The zero-order valence-electron chi connectivity index (χ0n) is 10.3. The molecular weight excluding hydrogens is 216 g/mol. The Morgan fingerprint density at radius 1 is 1.53 bits per heavy atom. The topological polar surface area (TPSA) is 73.8 Å². The monoisotopic (exact) mass is 236 g/mol. The van der Waals surface area contributed by atoms with E-state index in [1.165, 1.54) is 6.33 Å². The quantitative estimate of drug-likeness (QED) is 0.844. The van der Waals surface area contributed by atoms with Crippen LogP contribution in [0.2, 0.25) is 0 Å². The summed E-state index contributed by atoms with van der Waals surface area (Å²) in [5.41, 5.74) is 6.02. The minimum atomic E-state index is 0.0192. The standard InChI is InChI=1S/C12H20N4O/c1-2-16-12(14-8-15-16)7-11(17)9-5-3-4-6-10(9)13/h8-10H,2-7,13H2,1H3. The van der Waals surface area contributed by atoms with Crippen molar-refractivity contribution in [3.63, 3.8) is 0 Å². The molecule has 5 nitrogen and oxygen atoms in total. The maximum Gasteiger partial charge on any atom is 0.145 e. The minimum Gasteiger partial charge on any atom is -0.327 e. The molecule has 1 heterocycles. The third kappa shape index (κ3) is 2.72. The average Bonchev–Trinajstić information content (AvgIpc) is 2.76. The average molecular weight is 236 g/mol. The first-order valence-electron chi connectivity index (χ1n) is 6.37. The molecule has 5 heteroatoms. The van der Waals surface area contributed by atoms with Gasteiger partial charge in [0.1, 0.15) is 17.9 Å². The maximum atomic E-state index is 12.2. The summed E-state index contributed by atoms with van der Waals surface area (Å²) in [5, 5.41) is 4.07. The summed E-state index contributed by atoms with van der Waals surface area (Å²) in [5.74, 6) is 1.00. The molecule has 2 N–H and O–H groups in total. The lowest BCUT2D eigenvalue weighted by Crippen LogP contribution is -2.39. The molecule has 1 fully saturated rings. The molecular formula is C12H20N4O. The zero-order valence-corrected chi connectivity index (χ0v) is 10.3. The fourth-order valence-electron chi connectivity index (χ4n) is 2.54. The number of hydrogen-bond acceptors (Lipinski definition) is 4. The lowest BCUT2D eigenvalue weighted by atomic mass is 9.81. The maximum absolute atomic E-state index is 12.2. The fourth-order valence-corrected chi connectivity index (χ4v) is 2.54. The van der Waals surface area contributed by atoms with Crippen LogP contribution in [-0.4, -0.2) is 26.6 Å². The van der Waals surface area contributed by atoms with Gasteiger partial charge in [-0.05, 0) is 19.8 Å². The van der Waals surface area contributed by atoms with Gasteiger partial charge in [-0.25, -0.2) is 9.67 Å². The molecule has 0 saturated heterocycles. The van der Waals surface area contributed by atoms with Crippen LogP contribution in [0.4, 0.5) is 0 Å². The summed E-state index contributed by atoms with van der Waals surface area (Å²) in [6.07, 6.45) is 6.04. The summed E-state index contributed by atoms with van der Waals surface area (Å²) in [7, 11) is 0. The van der Waals surface area contributed by atoms with Crippen LogP contribution in [-0.2, 0) is 17.8 Å². The van der Waals surface area contributed by atoms with Crippen molar-refractivity contribution < 1.29 is 4.79 Å². The number of aryl methyl sites for hydroxylation is 1. The molecule has 0 bridgehead atoms. The van der Waals surface area contributed by atoms with Crippen LogP contribution in [0.25, 0.3) is 0 Å². The molecule has 1 aromatic heterocycles. The van der Waals surface area contributed by atoms with Gasteiger partial charge in [0.05, 0.1) is 6.42 Å². The number of carbonyl (C=O) groups is 1. The highest BCUT2D eigenvalue weighted by molar-refractivity contribution is 5.83. The highest BCUT2D eigenvalue weighted by Crippen LogP contribution is 2.24. The number of aromatic nitrogens is 3. The number of ketones is 1. The number of Topliss-reactive ketones (excluding diaryl/α,β-unsaturated/α-hetero) is 1. The molecule has 1 saturated carbocycles. The molecule has 0 radical (unpaired) electrons. The Hall–Kier alpha value is -1.23. The number of nitrogens with two attached hydrogens (primary N) is 1. The normalized spacial score (nSPS) is 24.8. The van der Waals surface area contributed by atoms with Crippen LogP contribution in [0.3, 0.4) is 0 Å². The summed E-state index contributed by atoms with van der Waals surface area (Å²) >= 11 is 0. The van der Waals surface area contributed by atoms with Gasteiger partial charge in [-0.2, -0.15) is 5.10 Å². The van der Waals surface area contributed by atoms with Crippen molar-refractivity contribution in [2.24, 2.45) is 11.7 Å². The largest absolute Gasteiger partial charge is 0.327 e. The molecule has 0 aliphatic heterocycles. The van der Waals surface area contributed by atoms with Crippen molar-refractivity contribution in [3.8, 4) is 0 Å². The van der Waals surface area contributed by atoms with E-state index >= 15 is 0 Å². The van der Waals surface area contributed by atoms with E-state index in [9.17, 15) is 4.79 Å². The third-order valence-corrected chi connectivity index (χ3v) is 3.56. The van der Waals surface area contributed by atoms with Gasteiger partial charge in [-0.3, -0.25) is 4.79 Å². The number of nitrogens with zero attached hydrogens (tertiary/aromatic N) is 3. The van der Waals surface area contributed by atoms with E-state index in [2.05, 4.69) is 10.1 Å². The lowest BCUT2D eigenvalue weighted by molar-refractivity contribution is -0.123. The molecule has 2 unspecified atom stereocenters. The van der Waals surface area contributed by atoms with Crippen LogP contribution < -0.4 is 5.73 Å². The van der Waals surface area contributed by atoms with Crippen LogP contribution in [0, 0.1) is 5.92 Å². The summed E-state index contributed by atoms with van der Waals surface area (Å²) < 4.78 is 1.77. The second-order valence-electron chi connectivity index (χ2n) is 4.69. The Bertz CT molecular complexity index is 388. The number of carbonyl (C=O) groups excluding carboxylic acids is 1. The van der Waals surface area contributed by atoms with Gasteiger partial charge in [0.15, 0.2) is 0 Å². The van der Waals surface area contributed by atoms with Crippen molar-refractivity contribution >= 4 is 5.78 Å². The molecule has 17 heavy (non-hydrogen) atoms. The second kappa shape index (κ2) is 5.40. The molecule has 0 aromatic carbocycles. The fraction of sp³-hybridized carbons (Fsp3) is 0.750. The Morgan fingerprint density at radius 3 is 3.00 bits per heavy atom. The van der Waals surface area contributed by atoms with Crippen LogP contribution in [0.5, 0.6) is 0 Å². The van der Waals surface area contributed by atoms with Gasteiger partial charge in [0.25, 0.3) is 0 Å². The molecule has 94 valence electrons. The van der Waals surface area contributed by atoms with Gasteiger partial charge in [-0.1, -0.05) is 12.8 Å². The summed E-state index contributed by atoms with van der Waals surface area (Å²) in [6, 6.07) is 0.0363. The van der Waals surface area contributed by atoms with Gasteiger partial charge in [0, 0.05) is 18.5 Å². The van der Waals surface area contributed by atoms with E-state index in [-0.39, 0.29) is 17.7 Å². The summed E-state index contributed by atoms with van der Waals surface area (Å²) in [4.78, 5) is 16.3. The van der Waals surface area contributed by atoms with Crippen molar-refractivity contribution in [1.82, 2.24) is 14.8 Å². The lowest BCUT2D eigenvalue weighted by Gasteiger charge is -2.27. The van der Waals surface area contributed by atoms with Crippen molar-refractivity contribution in [3.05, 3.63) is 12.2 Å². The van der Waals surface area contributed by atoms with Gasteiger partial charge in [-0.15, -0.1) is 0 Å². The van der Waals surface area contributed by atoms with Crippen molar-refractivity contribution in [2.45, 2.75) is 51.6 Å². The zero-order chi connectivity index (χ0) is 12.3. The van der Waals surface area contributed by atoms with E-state index in [0.29, 0.717) is 6.42 Å². The Balaban J connectivity index is 2.01. The minimum absolute atomic E-state index is 0.0192. The molecule has 1 aliphatic carbocycles. The first kappa shape index (κ1) is 12.2. The number of rotatable bonds is 4. The van der Waals surface area contributed by atoms with Gasteiger partial charge in [0.2, 0.25) is 0 Å². The van der Waals surface area contributed by atoms with Crippen LogP contribution in [0.1, 0.15) is 38.4 Å². The first-order chi connectivity index (χ1) is 8.22. The van der Waals surface area contributed by atoms with E-state index in [1.807, 2.05) is 6.92 Å². The number of hydrogen-bond donors (Lipinski definition) is 1. The molecule has 2 rings (SSSR count). The second-order valence-corrected chi connectivity index (χ2v) is 4.69.